The normalized spacial score (nSPS) is 17.2. The standard InChI is InChI=1S/C22H22FN5O.C2H6.C2H2/c1-27-8-7-14-9-13(5-6-19(14)27)15-10-20-21(26-18-4-2-3-17(18)23)16(22(24)29)11-25-28(20)12-15;2*1-2/h5-12,17-18,26H,2-4H2,1H3,(H2,24,29);1-2H3;1-2H/t17-,18+;;/m0../s1. The molecule has 1 aliphatic rings. The lowest BCUT2D eigenvalue weighted by atomic mass is 10.1. The van der Waals surface area contributed by atoms with Gasteiger partial charge in [-0.15, -0.1) is 12.8 Å². The van der Waals surface area contributed by atoms with Crippen molar-refractivity contribution in [2.45, 2.75) is 45.3 Å². The zero-order chi connectivity index (χ0) is 24.1. The lowest BCUT2D eigenvalue weighted by molar-refractivity contribution is 0.100. The monoisotopic (exact) mass is 447 g/mol. The Balaban J connectivity index is 0.000000728. The molecule has 0 bridgehead atoms. The van der Waals surface area contributed by atoms with Gasteiger partial charge >= 0.3 is 0 Å². The van der Waals surface area contributed by atoms with E-state index in [1.54, 1.807) is 4.52 Å². The molecule has 6 nitrogen and oxygen atoms in total. The van der Waals surface area contributed by atoms with E-state index < -0.39 is 12.1 Å². The molecule has 2 atom stereocenters. The predicted molar refractivity (Wildman–Crippen MR) is 133 cm³/mol. The van der Waals surface area contributed by atoms with Crippen LogP contribution in [0, 0.1) is 12.8 Å². The highest BCUT2D eigenvalue weighted by Gasteiger charge is 2.29. The van der Waals surface area contributed by atoms with E-state index >= 15 is 0 Å². The lowest BCUT2D eigenvalue weighted by Gasteiger charge is -2.19. The van der Waals surface area contributed by atoms with Gasteiger partial charge in [0.2, 0.25) is 0 Å². The van der Waals surface area contributed by atoms with Gasteiger partial charge in [-0.1, -0.05) is 19.9 Å². The molecule has 1 aromatic carbocycles. The van der Waals surface area contributed by atoms with Crippen molar-refractivity contribution in [2.24, 2.45) is 12.8 Å². The number of fused-ring (bicyclic) bond motifs is 2. The number of primary amides is 1. The van der Waals surface area contributed by atoms with Crippen LogP contribution in [0.15, 0.2) is 48.9 Å². The molecular weight excluding hydrogens is 417 g/mol. The predicted octanol–water partition coefficient (Wildman–Crippen LogP) is 5.17. The van der Waals surface area contributed by atoms with Crippen LogP contribution < -0.4 is 11.1 Å². The highest BCUT2D eigenvalue weighted by Crippen LogP contribution is 2.33. The van der Waals surface area contributed by atoms with Crippen molar-refractivity contribution < 1.29 is 9.18 Å². The topological polar surface area (TPSA) is 77.3 Å². The number of nitrogens with two attached hydrogens (primary N) is 1. The Morgan fingerprint density at radius 2 is 1.91 bits per heavy atom. The molecule has 7 heteroatoms. The van der Waals surface area contributed by atoms with Gasteiger partial charge in [-0.25, -0.2) is 8.91 Å². The van der Waals surface area contributed by atoms with Gasteiger partial charge in [0.1, 0.15) is 6.17 Å². The molecule has 1 fully saturated rings. The minimum Gasteiger partial charge on any atom is -0.377 e. The zero-order valence-electron chi connectivity index (χ0n) is 19.3. The number of carbonyl (C=O) groups excluding carboxylic acids is 1. The Kier molecular flexibility index (Phi) is 7.39. The first-order valence-electron chi connectivity index (χ1n) is 11.1. The van der Waals surface area contributed by atoms with E-state index in [2.05, 4.69) is 52.1 Å². The van der Waals surface area contributed by atoms with E-state index in [1.807, 2.05) is 39.4 Å². The molecule has 0 unspecified atom stereocenters. The molecule has 1 aliphatic carbocycles. The van der Waals surface area contributed by atoms with Crippen LogP contribution in [0.4, 0.5) is 10.1 Å². The van der Waals surface area contributed by atoms with Crippen molar-refractivity contribution in [3.63, 3.8) is 0 Å². The summed E-state index contributed by atoms with van der Waals surface area (Å²) in [5.41, 5.74) is 10.3. The summed E-state index contributed by atoms with van der Waals surface area (Å²) in [6.45, 7) is 4.00. The van der Waals surface area contributed by atoms with Crippen LogP contribution in [-0.2, 0) is 7.05 Å². The average Bonchev–Trinajstić information content (AvgIpc) is 3.55. The first-order chi connectivity index (χ1) is 16.0. The Bertz CT molecular complexity index is 1290. The maximum atomic E-state index is 14.2. The number of aryl methyl sites for hydroxylation is 1. The number of hydrogen-bond donors (Lipinski definition) is 2. The van der Waals surface area contributed by atoms with Crippen molar-refractivity contribution in [1.29, 1.82) is 0 Å². The van der Waals surface area contributed by atoms with Crippen LogP contribution >= 0.6 is 0 Å². The van der Waals surface area contributed by atoms with E-state index in [0.717, 1.165) is 34.9 Å². The van der Waals surface area contributed by atoms with E-state index in [0.29, 0.717) is 17.6 Å². The second-order valence-electron chi connectivity index (χ2n) is 7.75. The fourth-order valence-corrected chi connectivity index (χ4v) is 4.28. The summed E-state index contributed by atoms with van der Waals surface area (Å²) < 4.78 is 18.0. The molecule has 0 aliphatic heterocycles. The molecule has 5 rings (SSSR count). The maximum Gasteiger partial charge on any atom is 0.252 e. The smallest absolute Gasteiger partial charge is 0.252 e. The van der Waals surface area contributed by atoms with Crippen LogP contribution in [0.3, 0.4) is 0 Å². The van der Waals surface area contributed by atoms with Gasteiger partial charge in [0.15, 0.2) is 0 Å². The van der Waals surface area contributed by atoms with Crippen LogP contribution in [0.5, 0.6) is 0 Å². The summed E-state index contributed by atoms with van der Waals surface area (Å²) in [4.78, 5) is 12.0. The van der Waals surface area contributed by atoms with E-state index in [9.17, 15) is 9.18 Å². The van der Waals surface area contributed by atoms with Crippen molar-refractivity contribution in [1.82, 2.24) is 14.2 Å². The number of aromatic nitrogens is 3. The van der Waals surface area contributed by atoms with Crippen LogP contribution in [0.25, 0.3) is 27.5 Å². The highest BCUT2D eigenvalue weighted by molar-refractivity contribution is 6.02. The van der Waals surface area contributed by atoms with Gasteiger partial charge in [-0.2, -0.15) is 5.10 Å². The Hall–Kier alpha value is -3.79. The van der Waals surface area contributed by atoms with Crippen molar-refractivity contribution in [2.75, 3.05) is 5.32 Å². The summed E-state index contributed by atoms with van der Waals surface area (Å²) in [7, 11) is 2.02. The summed E-state index contributed by atoms with van der Waals surface area (Å²) in [6, 6.07) is 9.99. The molecule has 3 N–H and O–H groups in total. The summed E-state index contributed by atoms with van der Waals surface area (Å²) in [5, 5.41) is 8.74. The number of amides is 1. The molecular formula is C26H30FN5O. The van der Waals surface area contributed by atoms with E-state index in [4.69, 9.17) is 5.73 Å². The van der Waals surface area contributed by atoms with Crippen LogP contribution in [0.1, 0.15) is 43.5 Å². The highest BCUT2D eigenvalue weighted by atomic mass is 19.1. The summed E-state index contributed by atoms with van der Waals surface area (Å²) in [5.74, 6) is -0.579. The number of rotatable bonds is 4. The first-order valence-corrected chi connectivity index (χ1v) is 11.1. The fourth-order valence-electron chi connectivity index (χ4n) is 4.28. The molecule has 33 heavy (non-hydrogen) atoms. The molecule has 0 radical (unpaired) electrons. The fraction of sp³-hybridized carbons (Fsp3) is 0.308. The quantitative estimate of drug-likeness (QED) is 0.424. The van der Waals surface area contributed by atoms with Gasteiger partial charge < -0.3 is 15.6 Å². The largest absolute Gasteiger partial charge is 0.377 e. The van der Waals surface area contributed by atoms with Crippen LogP contribution in [-0.4, -0.2) is 32.3 Å². The molecule has 3 aromatic heterocycles. The van der Waals surface area contributed by atoms with Gasteiger partial charge in [-0.05, 0) is 49.1 Å². The molecule has 3 heterocycles. The molecule has 172 valence electrons. The number of halogens is 1. The first kappa shape index (κ1) is 23.9. The lowest BCUT2D eigenvalue weighted by Crippen LogP contribution is -2.27. The summed E-state index contributed by atoms with van der Waals surface area (Å²) >= 11 is 0. The second kappa shape index (κ2) is 10.2. The number of hydrogen-bond acceptors (Lipinski definition) is 3. The molecule has 0 spiro atoms. The zero-order valence-corrected chi connectivity index (χ0v) is 19.3. The minimum atomic E-state index is -0.932. The number of benzene rings is 1. The summed E-state index contributed by atoms with van der Waals surface area (Å²) in [6.07, 6.45) is 14.6. The number of anilines is 1. The number of nitrogens with zero attached hydrogens (tertiary/aromatic N) is 3. The SMILES string of the molecule is C#C.CC.Cn1ccc2cc(-c3cc4c(N[C@@H]5CCC[C@@H]5F)c(C(N)=O)cnn4c3)ccc21. The van der Waals surface area contributed by atoms with Crippen molar-refractivity contribution in [3.8, 4) is 24.0 Å². The third kappa shape index (κ3) is 4.56. The molecule has 0 saturated heterocycles. The van der Waals surface area contributed by atoms with Crippen LogP contribution in [0.2, 0.25) is 0 Å². The molecule has 1 saturated carbocycles. The number of carbonyl (C=O) groups is 1. The van der Waals surface area contributed by atoms with Crippen molar-refractivity contribution >= 4 is 28.0 Å². The third-order valence-electron chi connectivity index (χ3n) is 5.88. The van der Waals surface area contributed by atoms with Gasteiger partial charge in [0.25, 0.3) is 5.91 Å². The van der Waals surface area contributed by atoms with Gasteiger partial charge in [0.05, 0.1) is 29.0 Å². The Morgan fingerprint density at radius 1 is 1.15 bits per heavy atom. The van der Waals surface area contributed by atoms with E-state index in [-0.39, 0.29) is 11.6 Å². The minimum absolute atomic E-state index is 0.278. The molecule has 1 amide bonds. The maximum absolute atomic E-state index is 14.2. The number of nitrogens with one attached hydrogen (secondary N) is 1. The van der Waals surface area contributed by atoms with Crippen molar-refractivity contribution in [3.05, 3.63) is 54.5 Å². The van der Waals surface area contributed by atoms with Gasteiger partial charge in [0, 0.05) is 35.9 Å². The second-order valence-corrected chi connectivity index (χ2v) is 7.75. The average molecular weight is 448 g/mol. The Morgan fingerprint density at radius 3 is 2.58 bits per heavy atom. The van der Waals surface area contributed by atoms with E-state index in [1.165, 1.54) is 6.20 Å². The number of alkyl halides is 1. The third-order valence-corrected chi connectivity index (χ3v) is 5.88. The number of terminal acetylenes is 1. The van der Waals surface area contributed by atoms with Gasteiger partial charge in [-0.3, -0.25) is 4.79 Å². The molecule has 4 aromatic rings. The Labute approximate surface area is 193 Å².